The zero-order valence-electron chi connectivity index (χ0n) is 22.3. The standard InChI is InChI=1S/C39H27N/c1-2-30-31-16-6-7-17-32(31)34-19-11-21-38(39(30)34)40-36-20-9-8-18-33(36)35-25-29(22-23-37(35)40)28-15-10-14-27(24-28)26-12-4-3-5-13-26/h2-25H,1H3/b30-2-. The summed E-state index contributed by atoms with van der Waals surface area (Å²) >= 11 is 0. The molecule has 1 nitrogen and oxygen atoms in total. The van der Waals surface area contributed by atoms with Crippen molar-refractivity contribution in [1.82, 2.24) is 4.57 Å². The van der Waals surface area contributed by atoms with E-state index in [0.717, 1.165) is 0 Å². The molecule has 0 bridgehead atoms. The van der Waals surface area contributed by atoms with E-state index in [1.165, 1.54) is 77.6 Å². The fourth-order valence-corrected chi connectivity index (χ4v) is 6.54. The molecule has 0 saturated carbocycles. The third-order valence-electron chi connectivity index (χ3n) is 8.32. The van der Waals surface area contributed by atoms with E-state index in [-0.39, 0.29) is 0 Å². The molecule has 0 saturated heterocycles. The minimum Gasteiger partial charge on any atom is -0.309 e. The first-order valence-corrected chi connectivity index (χ1v) is 13.9. The number of rotatable bonds is 3. The lowest BCUT2D eigenvalue weighted by Gasteiger charge is -2.14. The molecule has 188 valence electrons. The summed E-state index contributed by atoms with van der Waals surface area (Å²) in [5, 5.41) is 2.54. The van der Waals surface area contributed by atoms with Gasteiger partial charge in [0.25, 0.3) is 0 Å². The molecular weight excluding hydrogens is 482 g/mol. The van der Waals surface area contributed by atoms with Crippen molar-refractivity contribution in [3.8, 4) is 39.1 Å². The number of para-hydroxylation sites is 1. The summed E-state index contributed by atoms with van der Waals surface area (Å²) in [7, 11) is 0. The SMILES string of the molecule is C/C=C1/c2ccccc2-c2cccc(-n3c4ccccc4c4cc(-c5cccc(-c6ccccc6)c5)ccc43)c21. The average molecular weight is 510 g/mol. The van der Waals surface area contributed by atoms with Gasteiger partial charge in [0, 0.05) is 16.3 Å². The largest absolute Gasteiger partial charge is 0.309 e. The second-order valence-corrected chi connectivity index (χ2v) is 10.5. The van der Waals surface area contributed by atoms with Crippen molar-refractivity contribution in [2.75, 3.05) is 0 Å². The summed E-state index contributed by atoms with van der Waals surface area (Å²) in [6, 6.07) is 50.7. The van der Waals surface area contributed by atoms with Crippen molar-refractivity contribution < 1.29 is 0 Å². The van der Waals surface area contributed by atoms with E-state index in [2.05, 4.69) is 157 Å². The molecule has 0 amide bonds. The number of hydrogen-bond acceptors (Lipinski definition) is 0. The van der Waals surface area contributed by atoms with Crippen molar-refractivity contribution in [1.29, 1.82) is 0 Å². The predicted molar refractivity (Wildman–Crippen MR) is 170 cm³/mol. The first kappa shape index (κ1) is 22.8. The van der Waals surface area contributed by atoms with E-state index in [1.807, 2.05) is 0 Å². The van der Waals surface area contributed by atoms with Crippen LogP contribution in [0.2, 0.25) is 0 Å². The molecule has 0 radical (unpaired) electrons. The van der Waals surface area contributed by atoms with E-state index in [4.69, 9.17) is 0 Å². The first-order chi connectivity index (χ1) is 19.8. The molecule has 0 unspecified atom stereocenters. The molecule has 1 heteroatoms. The second kappa shape index (κ2) is 8.97. The van der Waals surface area contributed by atoms with Crippen LogP contribution in [-0.2, 0) is 0 Å². The quantitative estimate of drug-likeness (QED) is 0.223. The molecule has 1 heterocycles. The Morgan fingerprint density at radius 3 is 1.93 bits per heavy atom. The molecular formula is C39H27N. The Labute approximate surface area is 234 Å². The topological polar surface area (TPSA) is 4.93 Å². The van der Waals surface area contributed by atoms with Crippen LogP contribution in [0.3, 0.4) is 0 Å². The highest BCUT2D eigenvalue weighted by Crippen LogP contribution is 2.48. The maximum atomic E-state index is 2.46. The van der Waals surface area contributed by atoms with Crippen LogP contribution in [0, 0.1) is 0 Å². The van der Waals surface area contributed by atoms with E-state index in [9.17, 15) is 0 Å². The van der Waals surface area contributed by atoms with Gasteiger partial charge in [0.1, 0.15) is 0 Å². The zero-order valence-corrected chi connectivity index (χ0v) is 22.3. The fourth-order valence-electron chi connectivity index (χ4n) is 6.54. The number of hydrogen-bond donors (Lipinski definition) is 0. The van der Waals surface area contributed by atoms with Gasteiger partial charge in [-0.3, -0.25) is 0 Å². The maximum absolute atomic E-state index is 2.46. The van der Waals surface area contributed by atoms with Gasteiger partial charge in [0.2, 0.25) is 0 Å². The van der Waals surface area contributed by atoms with Gasteiger partial charge in [0.15, 0.2) is 0 Å². The summed E-state index contributed by atoms with van der Waals surface area (Å²) < 4.78 is 2.46. The smallest absolute Gasteiger partial charge is 0.0546 e. The molecule has 0 atom stereocenters. The predicted octanol–water partition coefficient (Wildman–Crippen LogP) is 10.5. The van der Waals surface area contributed by atoms with Gasteiger partial charge in [-0.1, -0.05) is 115 Å². The van der Waals surface area contributed by atoms with Crippen LogP contribution >= 0.6 is 0 Å². The summed E-state index contributed by atoms with van der Waals surface area (Å²) in [5.74, 6) is 0. The van der Waals surface area contributed by atoms with Crippen LogP contribution in [0.4, 0.5) is 0 Å². The third-order valence-corrected chi connectivity index (χ3v) is 8.32. The van der Waals surface area contributed by atoms with Crippen LogP contribution in [0.15, 0.2) is 146 Å². The number of benzene rings is 6. The van der Waals surface area contributed by atoms with E-state index < -0.39 is 0 Å². The molecule has 1 aliphatic carbocycles. The molecule has 0 aliphatic heterocycles. The van der Waals surface area contributed by atoms with Gasteiger partial charge >= 0.3 is 0 Å². The number of aromatic nitrogens is 1. The number of fused-ring (bicyclic) bond motifs is 6. The zero-order chi connectivity index (χ0) is 26.6. The summed E-state index contributed by atoms with van der Waals surface area (Å²) in [4.78, 5) is 0. The lowest BCUT2D eigenvalue weighted by Crippen LogP contribution is -1.98. The summed E-state index contributed by atoms with van der Waals surface area (Å²) in [6.07, 6.45) is 2.26. The van der Waals surface area contributed by atoms with Gasteiger partial charge in [-0.25, -0.2) is 0 Å². The maximum Gasteiger partial charge on any atom is 0.0546 e. The minimum atomic E-state index is 1.23. The van der Waals surface area contributed by atoms with Crippen LogP contribution in [0.5, 0.6) is 0 Å². The van der Waals surface area contributed by atoms with E-state index in [0.29, 0.717) is 0 Å². The Bertz CT molecular complexity index is 2110. The molecule has 40 heavy (non-hydrogen) atoms. The Balaban J connectivity index is 1.36. The van der Waals surface area contributed by atoms with Crippen molar-refractivity contribution in [2.45, 2.75) is 6.92 Å². The Hall–Kier alpha value is -5.14. The van der Waals surface area contributed by atoms with Crippen LogP contribution in [0.1, 0.15) is 18.1 Å². The Kier molecular flexibility index (Phi) is 5.11. The van der Waals surface area contributed by atoms with Crippen molar-refractivity contribution in [2.24, 2.45) is 0 Å². The fraction of sp³-hybridized carbons (Fsp3) is 0.0256. The summed E-state index contributed by atoms with van der Waals surface area (Å²) in [6.45, 7) is 2.15. The molecule has 1 aromatic heterocycles. The second-order valence-electron chi connectivity index (χ2n) is 10.5. The van der Waals surface area contributed by atoms with Crippen LogP contribution in [0.25, 0.3) is 66.4 Å². The molecule has 0 spiro atoms. The highest BCUT2D eigenvalue weighted by Gasteiger charge is 2.27. The van der Waals surface area contributed by atoms with E-state index >= 15 is 0 Å². The highest BCUT2D eigenvalue weighted by atomic mass is 15.0. The average Bonchev–Trinajstić information content (AvgIpc) is 3.54. The molecule has 1 aliphatic rings. The minimum absolute atomic E-state index is 1.23. The normalized spacial score (nSPS) is 13.2. The van der Waals surface area contributed by atoms with E-state index in [1.54, 1.807) is 0 Å². The monoisotopic (exact) mass is 509 g/mol. The number of allylic oxidation sites excluding steroid dienone is 1. The lowest BCUT2D eigenvalue weighted by atomic mass is 9.98. The lowest BCUT2D eigenvalue weighted by molar-refractivity contribution is 1.17. The van der Waals surface area contributed by atoms with Crippen molar-refractivity contribution >= 4 is 27.4 Å². The Morgan fingerprint density at radius 2 is 1.07 bits per heavy atom. The van der Waals surface area contributed by atoms with Gasteiger partial charge in [-0.05, 0) is 81.8 Å². The molecule has 7 aromatic rings. The first-order valence-electron chi connectivity index (χ1n) is 13.9. The molecule has 0 N–H and O–H groups in total. The molecule has 8 rings (SSSR count). The van der Waals surface area contributed by atoms with Crippen molar-refractivity contribution in [3.05, 3.63) is 157 Å². The van der Waals surface area contributed by atoms with Crippen LogP contribution in [-0.4, -0.2) is 4.57 Å². The molecule has 0 fully saturated rings. The third kappa shape index (κ3) is 3.34. The number of nitrogens with zero attached hydrogens (tertiary/aromatic N) is 1. The van der Waals surface area contributed by atoms with Gasteiger partial charge in [0.05, 0.1) is 16.7 Å². The highest BCUT2D eigenvalue weighted by molar-refractivity contribution is 6.12. The van der Waals surface area contributed by atoms with Gasteiger partial charge < -0.3 is 4.57 Å². The van der Waals surface area contributed by atoms with Crippen LogP contribution < -0.4 is 0 Å². The van der Waals surface area contributed by atoms with Gasteiger partial charge in [-0.15, -0.1) is 0 Å². The van der Waals surface area contributed by atoms with Crippen molar-refractivity contribution in [3.63, 3.8) is 0 Å². The Morgan fingerprint density at radius 1 is 0.450 bits per heavy atom. The summed E-state index contributed by atoms with van der Waals surface area (Å²) in [5.41, 5.74) is 15.2. The molecule has 6 aromatic carbocycles. The van der Waals surface area contributed by atoms with Gasteiger partial charge in [-0.2, -0.15) is 0 Å².